The fourth-order valence-corrected chi connectivity index (χ4v) is 5.64. The summed E-state index contributed by atoms with van der Waals surface area (Å²) < 4.78 is 29.6. The van der Waals surface area contributed by atoms with E-state index in [1.54, 1.807) is 15.0 Å². The molecule has 6 heteroatoms. The molecule has 1 aromatic heterocycles. The van der Waals surface area contributed by atoms with Gasteiger partial charge in [0.1, 0.15) is 0 Å². The second-order valence-electron chi connectivity index (χ2n) is 4.91. The standard InChI is InChI=1S/C13H13F2IN2S/c1-7-9-5-10(14)11(15)8-3-4-18(12(8)9)6-13(7,17-2)19-16/h3-5,7,17H,6H2,1-2H3/t7-,13+/m0/s1. The van der Waals surface area contributed by atoms with Gasteiger partial charge < -0.3 is 9.88 Å². The van der Waals surface area contributed by atoms with Crippen molar-refractivity contribution in [1.82, 2.24) is 9.88 Å². The first kappa shape index (κ1) is 13.6. The second kappa shape index (κ2) is 4.60. The fourth-order valence-electron chi connectivity index (χ4n) is 2.90. The lowest BCUT2D eigenvalue weighted by Gasteiger charge is -2.41. The molecule has 0 radical (unpaired) electrons. The van der Waals surface area contributed by atoms with E-state index in [1.807, 2.05) is 17.8 Å². The van der Waals surface area contributed by atoms with Crippen molar-refractivity contribution < 1.29 is 8.78 Å². The van der Waals surface area contributed by atoms with Crippen LogP contribution < -0.4 is 5.32 Å². The molecule has 1 N–H and O–H groups in total. The molecule has 1 aliphatic heterocycles. The van der Waals surface area contributed by atoms with Crippen molar-refractivity contribution >= 4 is 41.0 Å². The minimum absolute atomic E-state index is 0.0967. The molecule has 0 aliphatic carbocycles. The number of aromatic nitrogens is 1. The lowest BCUT2D eigenvalue weighted by molar-refractivity contribution is 0.372. The highest BCUT2D eigenvalue weighted by molar-refractivity contribution is 14.2. The highest BCUT2D eigenvalue weighted by Gasteiger charge is 2.41. The van der Waals surface area contributed by atoms with Crippen LogP contribution >= 0.6 is 30.1 Å². The van der Waals surface area contributed by atoms with Crippen LogP contribution in [0.2, 0.25) is 0 Å². The molecule has 0 bridgehead atoms. The Balaban J connectivity index is 2.32. The predicted octanol–water partition coefficient (Wildman–Crippen LogP) is 4.04. The molecule has 0 saturated heterocycles. The average molecular weight is 394 g/mol. The van der Waals surface area contributed by atoms with E-state index < -0.39 is 11.6 Å². The van der Waals surface area contributed by atoms with Crippen LogP contribution in [-0.4, -0.2) is 16.5 Å². The third-order valence-electron chi connectivity index (χ3n) is 4.10. The highest BCUT2D eigenvalue weighted by Crippen LogP contribution is 2.48. The molecule has 3 rings (SSSR count). The molecular weight excluding hydrogens is 381 g/mol. The van der Waals surface area contributed by atoms with Crippen molar-refractivity contribution in [2.24, 2.45) is 0 Å². The normalized spacial score (nSPS) is 26.1. The first-order valence-corrected chi connectivity index (χ1v) is 9.35. The summed E-state index contributed by atoms with van der Waals surface area (Å²) >= 11 is 2.27. The number of nitrogens with one attached hydrogen (secondary N) is 1. The Morgan fingerprint density at radius 2 is 2.26 bits per heavy atom. The molecule has 2 aromatic rings. The summed E-state index contributed by atoms with van der Waals surface area (Å²) in [6, 6.07) is 3.00. The summed E-state index contributed by atoms with van der Waals surface area (Å²) in [4.78, 5) is -0.205. The third kappa shape index (κ3) is 1.76. The number of hydrogen-bond acceptors (Lipinski definition) is 2. The van der Waals surface area contributed by atoms with E-state index in [0.717, 1.165) is 17.6 Å². The first-order chi connectivity index (χ1) is 9.04. The Hall–Kier alpha value is -0.340. The van der Waals surface area contributed by atoms with E-state index in [-0.39, 0.29) is 10.8 Å². The van der Waals surface area contributed by atoms with Crippen LogP contribution in [0.1, 0.15) is 18.4 Å². The fraction of sp³-hybridized carbons (Fsp3) is 0.385. The zero-order chi connectivity index (χ0) is 13.8. The Kier molecular flexibility index (Phi) is 3.30. The third-order valence-corrected chi connectivity index (χ3v) is 7.42. The maximum atomic E-state index is 13.8. The van der Waals surface area contributed by atoms with Gasteiger partial charge in [0.2, 0.25) is 0 Å². The van der Waals surface area contributed by atoms with E-state index in [9.17, 15) is 8.78 Å². The molecule has 1 aromatic carbocycles. The van der Waals surface area contributed by atoms with Crippen LogP contribution in [-0.2, 0) is 6.54 Å². The lowest BCUT2D eigenvalue weighted by Crippen LogP contribution is -2.49. The molecule has 2 atom stereocenters. The summed E-state index contributed by atoms with van der Waals surface area (Å²) in [5.74, 6) is -1.42. The van der Waals surface area contributed by atoms with Crippen LogP contribution in [0, 0.1) is 11.6 Å². The van der Waals surface area contributed by atoms with E-state index in [4.69, 9.17) is 0 Å². The van der Waals surface area contributed by atoms with Crippen molar-refractivity contribution in [3.8, 4) is 0 Å². The molecule has 2 nitrogen and oxygen atoms in total. The largest absolute Gasteiger partial charge is 0.344 e. The molecule has 0 amide bonds. The SMILES string of the molecule is CN[C@@]1(SI)Cn2ccc3c(F)c(F)cc(c32)[C@@H]1C. The van der Waals surface area contributed by atoms with E-state index in [1.165, 1.54) is 6.07 Å². The lowest BCUT2D eigenvalue weighted by atomic mass is 9.88. The number of nitrogens with zero attached hydrogens (tertiary/aromatic N) is 1. The van der Waals surface area contributed by atoms with Crippen molar-refractivity contribution in [2.75, 3.05) is 7.05 Å². The van der Waals surface area contributed by atoms with Crippen LogP contribution in [0.3, 0.4) is 0 Å². The average Bonchev–Trinajstić information content (AvgIpc) is 2.83. The minimum Gasteiger partial charge on any atom is -0.344 e. The van der Waals surface area contributed by atoms with Gasteiger partial charge in [-0.2, -0.15) is 0 Å². The second-order valence-corrected chi connectivity index (χ2v) is 7.11. The Labute approximate surface area is 126 Å². The van der Waals surface area contributed by atoms with Crippen LogP contribution in [0.4, 0.5) is 8.78 Å². The Morgan fingerprint density at radius 1 is 1.53 bits per heavy atom. The molecule has 19 heavy (non-hydrogen) atoms. The molecule has 0 spiro atoms. The van der Waals surface area contributed by atoms with Crippen LogP contribution in [0.15, 0.2) is 18.3 Å². The van der Waals surface area contributed by atoms with Crippen molar-refractivity contribution in [2.45, 2.75) is 24.3 Å². The Bertz CT molecular complexity index is 652. The van der Waals surface area contributed by atoms with Gasteiger partial charge in [0.25, 0.3) is 0 Å². The van der Waals surface area contributed by atoms with Gasteiger partial charge >= 0.3 is 0 Å². The molecule has 0 unspecified atom stereocenters. The molecular formula is C13H13F2IN2S. The van der Waals surface area contributed by atoms with Crippen LogP contribution in [0.25, 0.3) is 10.9 Å². The molecule has 1 aliphatic rings. The number of likely N-dealkylation sites (N-methyl/N-ethyl adjacent to an activating group) is 1. The van der Waals surface area contributed by atoms with Gasteiger partial charge in [-0.05, 0) is 45.9 Å². The smallest absolute Gasteiger partial charge is 0.168 e. The van der Waals surface area contributed by atoms with Gasteiger partial charge in [-0.3, -0.25) is 0 Å². The van der Waals surface area contributed by atoms with Crippen molar-refractivity contribution in [3.05, 3.63) is 35.5 Å². The number of rotatable bonds is 2. The molecule has 2 heterocycles. The first-order valence-electron chi connectivity index (χ1n) is 5.99. The zero-order valence-corrected chi connectivity index (χ0v) is 13.5. The van der Waals surface area contributed by atoms with E-state index in [2.05, 4.69) is 33.4 Å². The van der Waals surface area contributed by atoms with Crippen molar-refractivity contribution in [1.29, 1.82) is 0 Å². The zero-order valence-electron chi connectivity index (χ0n) is 10.5. The minimum atomic E-state index is -0.766. The van der Waals surface area contributed by atoms with Gasteiger partial charge in [0.15, 0.2) is 11.6 Å². The predicted molar refractivity (Wildman–Crippen MR) is 83.7 cm³/mol. The molecule has 0 fully saturated rings. The summed E-state index contributed by atoms with van der Waals surface area (Å²) in [6.07, 6.45) is 1.83. The topological polar surface area (TPSA) is 17.0 Å². The summed E-state index contributed by atoms with van der Waals surface area (Å²) in [6.45, 7) is 2.80. The van der Waals surface area contributed by atoms with E-state index in [0.29, 0.717) is 5.39 Å². The monoisotopic (exact) mass is 394 g/mol. The summed E-state index contributed by atoms with van der Waals surface area (Å²) in [5, 5.41) is 3.72. The summed E-state index contributed by atoms with van der Waals surface area (Å²) in [7, 11) is 3.59. The van der Waals surface area contributed by atoms with Gasteiger partial charge in [-0.1, -0.05) is 15.9 Å². The molecule has 0 saturated carbocycles. The molecule has 102 valence electrons. The van der Waals surface area contributed by atoms with E-state index >= 15 is 0 Å². The number of hydrogen-bond donors (Lipinski definition) is 1. The maximum absolute atomic E-state index is 13.8. The van der Waals surface area contributed by atoms with Gasteiger partial charge in [0, 0.05) is 17.5 Å². The highest BCUT2D eigenvalue weighted by atomic mass is 127. The van der Waals surface area contributed by atoms with Gasteiger partial charge in [0.05, 0.1) is 16.9 Å². The number of halogens is 3. The van der Waals surface area contributed by atoms with Gasteiger partial charge in [-0.25, -0.2) is 8.78 Å². The Morgan fingerprint density at radius 3 is 2.89 bits per heavy atom. The maximum Gasteiger partial charge on any atom is 0.168 e. The summed E-state index contributed by atoms with van der Waals surface area (Å²) in [5.41, 5.74) is 1.69. The van der Waals surface area contributed by atoms with Crippen molar-refractivity contribution in [3.63, 3.8) is 0 Å². The quantitative estimate of drug-likeness (QED) is 0.612. The van der Waals surface area contributed by atoms with Crippen LogP contribution in [0.5, 0.6) is 0 Å². The van der Waals surface area contributed by atoms with Gasteiger partial charge in [-0.15, -0.1) is 0 Å². The number of benzene rings is 1.